The minimum Gasteiger partial charge on any atom is -0.480 e. The zero-order chi connectivity index (χ0) is 7.07. The molecular weight excluding hydrogens is 158 g/mol. The van der Waals surface area contributed by atoms with Crippen molar-refractivity contribution >= 4 is 18.4 Å². The van der Waals surface area contributed by atoms with Crippen molar-refractivity contribution in [3.05, 3.63) is 0 Å². The van der Waals surface area contributed by atoms with Gasteiger partial charge in [0.15, 0.2) is 0 Å². The van der Waals surface area contributed by atoms with Crippen LogP contribution in [-0.4, -0.2) is 27.8 Å². The molecule has 1 aliphatic carbocycles. The highest BCUT2D eigenvalue weighted by atomic mass is 35.5. The minimum atomic E-state index is -1.13. The van der Waals surface area contributed by atoms with Crippen molar-refractivity contribution < 1.29 is 15.0 Å². The third-order valence-electron chi connectivity index (χ3n) is 1.61. The van der Waals surface area contributed by atoms with Gasteiger partial charge >= 0.3 is 5.97 Å². The van der Waals surface area contributed by atoms with Crippen molar-refractivity contribution in [3.8, 4) is 0 Å². The molecule has 60 valence electrons. The number of carboxylic acid groups (broad SMARTS) is 1. The first kappa shape index (κ1) is 9.68. The third kappa shape index (κ3) is 1.59. The van der Waals surface area contributed by atoms with Crippen LogP contribution in [0.25, 0.3) is 0 Å². The van der Waals surface area contributed by atoms with E-state index in [1.807, 2.05) is 0 Å². The molecule has 4 N–H and O–H groups in total. The second-order valence-corrected chi connectivity index (χ2v) is 2.42. The van der Waals surface area contributed by atoms with Gasteiger partial charge in [-0.2, -0.15) is 0 Å². The number of halogens is 1. The monoisotopic (exact) mass is 167 g/mol. The Hall–Kier alpha value is -0.320. The van der Waals surface area contributed by atoms with Gasteiger partial charge < -0.3 is 15.9 Å². The quantitative estimate of drug-likeness (QED) is 0.510. The van der Waals surface area contributed by atoms with Crippen LogP contribution in [-0.2, 0) is 4.79 Å². The first-order valence-electron chi connectivity index (χ1n) is 2.77. The highest BCUT2D eigenvalue weighted by molar-refractivity contribution is 5.85. The number of carbonyl (C=O) groups is 1. The molecular formula is C5H10ClNO3. The van der Waals surface area contributed by atoms with Gasteiger partial charge in [-0.15, -0.1) is 12.4 Å². The van der Waals surface area contributed by atoms with Crippen LogP contribution in [0.5, 0.6) is 0 Å². The van der Waals surface area contributed by atoms with Crippen LogP contribution in [0, 0.1) is 0 Å². The first-order valence-corrected chi connectivity index (χ1v) is 2.77. The molecule has 1 rings (SSSR count). The van der Waals surface area contributed by atoms with Gasteiger partial charge in [-0.05, 0) is 12.8 Å². The molecule has 4 nitrogen and oxygen atoms in total. The van der Waals surface area contributed by atoms with Gasteiger partial charge in [-0.3, -0.25) is 4.79 Å². The maximum absolute atomic E-state index is 10.1. The number of aliphatic hydroxyl groups is 1. The fourth-order valence-electron chi connectivity index (χ4n) is 0.669. The average Bonchev–Trinajstić information content (AvgIpc) is 2.47. The smallest absolute Gasteiger partial charge is 0.323 e. The molecule has 1 atom stereocenters. The molecule has 1 fully saturated rings. The normalized spacial score (nSPS) is 22.6. The maximum Gasteiger partial charge on any atom is 0.323 e. The van der Waals surface area contributed by atoms with Crippen LogP contribution in [0.2, 0.25) is 0 Å². The highest BCUT2D eigenvalue weighted by Crippen LogP contribution is 2.37. The molecule has 0 spiro atoms. The lowest BCUT2D eigenvalue weighted by Gasteiger charge is -2.11. The zero-order valence-corrected chi connectivity index (χ0v) is 6.10. The van der Waals surface area contributed by atoms with Crippen LogP contribution in [0.3, 0.4) is 0 Å². The van der Waals surface area contributed by atoms with E-state index >= 15 is 0 Å². The number of aliphatic carboxylic acids is 1. The topological polar surface area (TPSA) is 83.6 Å². The first-order chi connectivity index (χ1) is 4.06. The Labute approximate surface area is 64.4 Å². The van der Waals surface area contributed by atoms with E-state index in [9.17, 15) is 4.79 Å². The second-order valence-electron chi connectivity index (χ2n) is 2.42. The summed E-state index contributed by atoms with van der Waals surface area (Å²) < 4.78 is 0. The van der Waals surface area contributed by atoms with Gasteiger partial charge in [-0.1, -0.05) is 0 Å². The Balaban J connectivity index is 0.000000810. The summed E-state index contributed by atoms with van der Waals surface area (Å²) in [5, 5.41) is 17.3. The SMILES string of the molecule is Cl.N[C@H](C(=O)O)C1(O)CC1. The summed E-state index contributed by atoms with van der Waals surface area (Å²) in [5.41, 5.74) is 4.02. The summed E-state index contributed by atoms with van der Waals surface area (Å²) in [6.45, 7) is 0. The van der Waals surface area contributed by atoms with E-state index in [0.717, 1.165) is 0 Å². The van der Waals surface area contributed by atoms with Crippen LogP contribution in [0.15, 0.2) is 0 Å². The van der Waals surface area contributed by atoms with E-state index in [1.54, 1.807) is 0 Å². The van der Waals surface area contributed by atoms with Gasteiger partial charge in [0, 0.05) is 0 Å². The number of rotatable bonds is 2. The standard InChI is InChI=1S/C5H9NO3.ClH/c6-3(4(7)8)5(9)1-2-5;/h3,9H,1-2,6H2,(H,7,8);1H/t3-;/m1./s1. The van der Waals surface area contributed by atoms with Crippen molar-refractivity contribution in [1.29, 1.82) is 0 Å². The second kappa shape index (κ2) is 2.74. The lowest BCUT2D eigenvalue weighted by Crippen LogP contribution is -2.43. The van der Waals surface area contributed by atoms with Gasteiger partial charge in [-0.25, -0.2) is 0 Å². The lowest BCUT2D eigenvalue weighted by molar-refractivity contribution is -0.141. The maximum atomic E-state index is 10.1. The van der Waals surface area contributed by atoms with Crippen LogP contribution >= 0.6 is 12.4 Å². The fraction of sp³-hybridized carbons (Fsp3) is 0.800. The van der Waals surface area contributed by atoms with E-state index < -0.39 is 17.6 Å². The number of nitrogens with two attached hydrogens (primary N) is 1. The molecule has 0 bridgehead atoms. The molecule has 0 aromatic carbocycles. The molecule has 0 aliphatic heterocycles. The highest BCUT2D eigenvalue weighted by Gasteiger charge is 2.49. The van der Waals surface area contributed by atoms with Crippen molar-refractivity contribution in [2.45, 2.75) is 24.5 Å². The minimum absolute atomic E-state index is 0. The van der Waals surface area contributed by atoms with Crippen molar-refractivity contribution in [3.63, 3.8) is 0 Å². The molecule has 0 aromatic heterocycles. The predicted molar refractivity (Wildman–Crippen MR) is 37.0 cm³/mol. The largest absolute Gasteiger partial charge is 0.480 e. The molecule has 0 saturated heterocycles. The summed E-state index contributed by atoms with van der Waals surface area (Å²) >= 11 is 0. The Kier molecular flexibility index (Phi) is 2.65. The summed E-state index contributed by atoms with van der Waals surface area (Å²) in [6, 6.07) is -1.10. The van der Waals surface area contributed by atoms with Crippen LogP contribution in [0.1, 0.15) is 12.8 Å². The Bertz CT molecular complexity index is 146. The zero-order valence-electron chi connectivity index (χ0n) is 5.28. The summed E-state index contributed by atoms with van der Waals surface area (Å²) in [6.07, 6.45) is 1.03. The molecule has 0 unspecified atom stereocenters. The van der Waals surface area contributed by atoms with E-state index in [-0.39, 0.29) is 12.4 Å². The molecule has 1 saturated carbocycles. The number of hydrogen-bond acceptors (Lipinski definition) is 3. The predicted octanol–water partition coefficient (Wildman–Crippen LogP) is -0.655. The number of carboxylic acids is 1. The van der Waals surface area contributed by atoms with Crippen molar-refractivity contribution in [2.75, 3.05) is 0 Å². The van der Waals surface area contributed by atoms with Gasteiger partial charge in [0.1, 0.15) is 6.04 Å². The Morgan fingerprint density at radius 1 is 1.60 bits per heavy atom. The average molecular weight is 168 g/mol. The van der Waals surface area contributed by atoms with Gasteiger partial charge in [0.2, 0.25) is 0 Å². The summed E-state index contributed by atoms with van der Waals surface area (Å²) in [7, 11) is 0. The van der Waals surface area contributed by atoms with Crippen molar-refractivity contribution in [1.82, 2.24) is 0 Å². The van der Waals surface area contributed by atoms with E-state index in [2.05, 4.69) is 0 Å². The van der Waals surface area contributed by atoms with E-state index in [1.165, 1.54) is 0 Å². The van der Waals surface area contributed by atoms with E-state index in [4.69, 9.17) is 15.9 Å². The molecule has 0 radical (unpaired) electrons. The Morgan fingerprint density at radius 2 is 2.00 bits per heavy atom. The van der Waals surface area contributed by atoms with Crippen LogP contribution < -0.4 is 5.73 Å². The fourth-order valence-corrected chi connectivity index (χ4v) is 0.669. The van der Waals surface area contributed by atoms with Gasteiger partial charge in [0.25, 0.3) is 0 Å². The molecule has 10 heavy (non-hydrogen) atoms. The molecule has 0 aromatic rings. The van der Waals surface area contributed by atoms with Crippen LogP contribution in [0.4, 0.5) is 0 Å². The summed E-state index contributed by atoms with van der Waals surface area (Å²) in [5.74, 6) is -1.13. The third-order valence-corrected chi connectivity index (χ3v) is 1.61. The lowest BCUT2D eigenvalue weighted by atomic mass is 10.1. The molecule has 1 aliphatic rings. The molecule has 5 heteroatoms. The van der Waals surface area contributed by atoms with Crippen molar-refractivity contribution in [2.24, 2.45) is 5.73 Å². The molecule has 0 amide bonds. The molecule has 0 heterocycles. The van der Waals surface area contributed by atoms with E-state index in [0.29, 0.717) is 12.8 Å². The summed E-state index contributed by atoms with van der Waals surface area (Å²) in [4.78, 5) is 10.1. The number of hydrogen-bond donors (Lipinski definition) is 3. The van der Waals surface area contributed by atoms with Gasteiger partial charge in [0.05, 0.1) is 5.60 Å². The Morgan fingerprint density at radius 3 is 2.10 bits per heavy atom.